The predicted octanol–water partition coefficient (Wildman–Crippen LogP) is 2.37. The molecule has 0 amide bonds. The minimum absolute atomic E-state index is 0.359. The average molecular weight is 248 g/mol. The van der Waals surface area contributed by atoms with Crippen molar-refractivity contribution in [2.45, 2.75) is 19.3 Å². The Morgan fingerprint density at radius 2 is 2.11 bits per heavy atom. The molecular formula is C13H13FN2O2. The first-order valence-corrected chi connectivity index (χ1v) is 5.47. The van der Waals surface area contributed by atoms with Crippen LogP contribution in [0.1, 0.15) is 19.5 Å². The summed E-state index contributed by atoms with van der Waals surface area (Å²) < 4.78 is 14.5. The molecule has 0 saturated heterocycles. The molecule has 1 N–H and O–H groups in total. The van der Waals surface area contributed by atoms with E-state index in [9.17, 15) is 9.18 Å². The molecule has 0 aliphatic heterocycles. The summed E-state index contributed by atoms with van der Waals surface area (Å²) in [5.41, 5.74) is -0.0832. The molecule has 0 bridgehead atoms. The van der Waals surface area contributed by atoms with Crippen molar-refractivity contribution >= 4 is 5.97 Å². The van der Waals surface area contributed by atoms with E-state index in [4.69, 9.17) is 5.11 Å². The highest BCUT2D eigenvalue weighted by atomic mass is 19.1. The number of nitrogens with zero attached hydrogens (tertiary/aromatic N) is 2. The number of hydrogen-bond acceptors (Lipinski definition) is 2. The fraction of sp³-hybridized carbons (Fsp3) is 0.231. The van der Waals surface area contributed by atoms with Crippen LogP contribution in [0.15, 0.2) is 36.5 Å². The molecule has 4 nitrogen and oxygen atoms in total. The largest absolute Gasteiger partial charge is 0.481 e. The number of halogens is 1. The topological polar surface area (TPSA) is 55.1 Å². The predicted molar refractivity (Wildman–Crippen MR) is 64.2 cm³/mol. The number of carbonyl (C=O) groups is 1. The molecule has 1 aromatic heterocycles. The van der Waals surface area contributed by atoms with E-state index in [1.807, 2.05) is 0 Å². The first-order chi connectivity index (χ1) is 8.41. The van der Waals surface area contributed by atoms with E-state index < -0.39 is 11.4 Å². The SMILES string of the molecule is CC(C)(C(=O)O)c1ccn(-c2cccc(F)c2)n1. The van der Waals surface area contributed by atoms with Crippen LogP contribution < -0.4 is 0 Å². The summed E-state index contributed by atoms with van der Waals surface area (Å²) in [6, 6.07) is 7.58. The summed E-state index contributed by atoms with van der Waals surface area (Å²) in [6.07, 6.45) is 1.62. The lowest BCUT2D eigenvalue weighted by Crippen LogP contribution is -2.29. The Hall–Kier alpha value is -2.17. The van der Waals surface area contributed by atoms with Gasteiger partial charge in [-0.2, -0.15) is 5.10 Å². The number of benzene rings is 1. The monoisotopic (exact) mass is 248 g/mol. The van der Waals surface area contributed by atoms with Gasteiger partial charge in [-0.15, -0.1) is 0 Å². The summed E-state index contributed by atoms with van der Waals surface area (Å²) in [5, 5.41) is 13.3. The molecule has 0 atom stereocenters. The van der Waals surface area contributed by atoms with E-state index in [1.54, 1.807) is 38.2 Å². The van der Waals surface area contributed by atoms with Gasteiger partial charge in [0.2, 0.25) is 0 Å². The molecule has 0 saturated carbocycles. The molecule has 0 radical (unpaired) electrons. The molecule has 1 aromatic carbocycles. The Bertz CT molecular complexity index is 590. The molecular weight excluding hydrogens is 235 g/mol. The number of carboxylic acid groups (broad SMARTS) is 1. The summed E-state index contributed by atoms with van der Waals surface area (Å²) in [4.78, 5) is 11.1. The third-order valence-electron chi connectivity index (χ3n) is 2.84. The molecule has 0 aliphatic rings. The Labute approximate surface area is 104 Å². The van der Waals surface area contributed by atoms with Gasteiger partial charge in [0.05, 0.1) is 11.4 Å². The lowest BCUT2D eigenvalue weighted by Gasteiger charge is -2.15. The standard InChI is InChI=1S/C13H13FN2O2/c1-13(2,12(17)18)11-6-7-16(15-11)10-5-3-4-9(14)8-10/h3-8H,1-2H3,(H,17,18). The van der Waals surface area contributed by atoms with Crippen molar-refractivity contribution in [3.63, 3.8) is 0 Å². The van der Waals surface area contributed by atoms with Crippen LogP contribution in [0.5, 0.6) is 0 Å². The van der Waals surface area contributed by atoms with E-state index in [0.717, 1.165) is 0 Å². The van der Waals surface area contributed by atoms with Gasteiger partial charge in [-0.05, 0) is 38.1 Å². The maximum atomic E-state index is 13.1. The highest BCUT2D eigenvalue weighted by Gasteiger charge is 2.32. The fourth-order valence-electron chi connectivity index (χ4n) is 1.53. The maximum absolute atomic E-state index is 13.1. The summed E-state index contributed by atoms with van der Waals surface area (Å²) in [6.45, 7) is 3.15. The third-order valence-corrected chi connectivity index (χ3v) is 2.84. The molecule has 5 heteroatoms. The lowest BCUT2D eigenvalue weighted by atomic mass is 9.90. The van der Waals surface area contributed by atoms with Crippen molar-refractivity contribution in [3.8, 4) is 5.69 Å². The second kappa shape index (κ2) is 4.25. The van der Waals surface area contributed by atoms with E-state index in [0.29, 0.717) is 11.4 Å². The minimum atomic E-state index is -1.07. The lowest BCUT2D eigenvalue weighted by molar-refractivity contribution is -0.142. The molecule has 2 rings (SSSR count). The fourth-order valence-corrected chi connectivity index (χ4v) is 1.53. The van der Waals surface area contributed by atoms with Crippen molar-refractivity contribution in [1.82, 2.24) is 9.78 Å². The Morgan fingerprint density at radius 3 is 2.72 bits per heavy atom. The first kappa shape index (κ1) is 12.3. The van der Waals surface area contributed by atoms with Gasteiger partial charge < -0.3 is 5.11 Å². The van der Waals surface area contributed by atoms with Crippen LogP contribution in [0.3, 0.4) is 0 Å². The first-order valence-electron chi connectivity index (χ1n) is 5.47. The number of aromatic nitrogens is 2. The highest BCUT2D eigenvalue weighted by molar-refractivity contribution is 5.79. The average Bonchev–Trinajstić information content (AvgIpc) is 2.78. The molecule has 18 heavy (non-hydrogen) atoms. The van der Waals surface area contributed by atoms with Crippen LogP contribution in [-0.2, 0) is 10.2 Å². The minimum Gasteiger partial charge on any atom is -0.481 e. The second-order valence-electron chi connectivity index (χ2n) is 4.56. The summed E-state index contributed by atoms with van der Waals surface area (Å²) in [5.74, 6) is -1.31. The van der Waals surface area contributed by atoms with E-state index in [-0.39, 0.29) is 5.82 Å². The summed E-state index contributed by atoms with van der Waals surface area (Å²) >= 11 is 0. The zero-order chi connectivity index (χ0) is 13.3. The molecule has 0 spiro atoms. The highest BCUT2D eigenvalue weighted by Crippen LogP contribution is 2.22. The van der Waals surface area contributed by atoms with Crippen molar-refractivity contribution < 1.29 is 14.3 Å². The zero-order valence-electron chi connectivity index (χ0n) is 10.1. The van der Waals surface area contributed by atoms with Crippen molar-refractivity contribution in [2.24, 2.45) is 0 Å². The van der Waals surface area contributed by atoms with E-state index >= 15 is 0 Å². The number of aliphatic carboxylic acids is 1. The van der Waals surface area contributed by atoms with Crippen molar-refractivity contribution in [3.05, 3.63) is 48.0 Å². The van der Waals surface area contributed by atoms with Crippen LogP contribution >= 0.6 is 0 Å². The van der Waals surface area contributed by atoms with Gasteiger partial charge in [0.1, 0.15) is 11.2 Å². The smallest absolute Gasteiger partial charge is 0.315 e. The molecule has 0 fully saturated rings. The van der Waals surface area contributed by atoms with Gasteiger partial charge in [-0.3, -0.25) is 4.79 Å². The molecule has 0 unspecified atom stereocenters. The number of hydrogen-bond donors (Lipinski definition) is 1. The van der Waals surface area contributed by atoms with Gasteiger partial charge in [0, 0.05) is 6.20 Å². The molecule has 2 aromatic rings. The molecule has 1 heterocycles. The molecule has 0 aliphatic carbocycles. The number of carboxylic acids is 1. The maximum Gasteiger partial charge on any atom is 0.315 e. The van der Waals surface area contributed by atoms with Crippen LogP contribution in [0, 0.1) is 5.82 Å². The van der Waals surface area contributed by atoms with Crippen molar-refractivity contribution in [1.29, 1.82) is 0 Å². The third kappa shape index (κ3) is 2.11. The summed E-state index contributed by atoms with van der Waals surface area (Å²) in [7, 11) is 0. The van der Waals surface area contributed by atoms with Gasteiger partial charge in [-0.1, -0.05) is 6.07 Å². The van der Waals surface area contributed by atoms with Crippen LogP contribution in [0.4, 0.5) is 4.39 Å². The molecule has 94 valence electrons. The van der Waals surface area contributed by atoms with Crippen LogP contribution in [0.25, 0.3) is 5.69 Å². The van der Waals surface area contributed by atoms with E-state index in [1.165, 1.54) is 16.8 Å². The quantitative estimate of drug-likeness (QED) is 0.907. The van der Waals surface area contributed by atoms with Gasteiger partial charge in [0.25, 0.3) is 0 Å². The van der Waals surface area contributed by atoms with Crippen LogP contribution in [-0.4, -0.2) is 20.9 Å². The zero-order valence-corrected chi connectivity index (χ0v) is 10.1. The Kier molecular flexibility index (Phi) is 2.90. The van der Waals surface area contributed by atoms with Crippen molar-refractivity contribution in [2.75, 3.05) is 0 Å². The second-order valence-corrected chi connectivity index (χ2v) is 4.56. The Morgan fingerprint density at radius 1 is 1.39 bits per heavy atom. The normalized spacial score (nSPS) is 11.5. The van der Waals surface area contributed by atoms with Crippen LogP contribution in [0.2, 0.25) is 0 Å². The van der Waals surface area contributed by atoms with Gasteiger partial charge in [0.15, 0.2) is 0 Å². The van der Waals surface area contributed by atoms with Gasteiger partial charge >= 0.3 is 5.97 Å². The Balaban J connectivity index is 2.40. The number of rotatable bonds is 3. The van der Waals surface area contributed by atoms with Gasteiger partial charge in [-0.25, -0.2) is 9.07 Å². The van der Waals surface area contributed by atoms with E-state index in [2.05, 4.69) is 5.10 Å².